The zero-order valence-electron chi connectivity index (χ0n) is 13.3. The fraction of sp³-hybridized carbons (Fsp3) is 0.471. The van der Waals surface area contributed by atoms with Gasteiger partial charge >= 0.3 is 0 Å². The molecule has 2 aliphatic heterocycles. The van der Waals surface area contributed by atoms with Gasteiger partial charge in [0.25, 0.3) is 0 Å². The summed E-state index contributed by atoms with van der Waals surface area (Å²) in [6, 6.07) is 7.03. The van der Waals surface area contributed by atoms with Crippen LogP contribution < -0.4 is 10.6 Å². The normalized spacial score (nSPS) is 22.0. The maximum atomic E-state index is 12.7. The summed E-state index contributed by atoms with van der Waals surface area (Å²) in [7, 11) is 0. The van der Waals surface area contributed by atoms with E-state index in [2.05, 4.69) is 0 Å². The van der Waals surface area contributed by atoms with Crippen molar-refractivity contribution in [3.8, 4) is 0 Å². The van der Waals surface area contributed by atoms with Gasteiger partial charge in [-0.25, -0.2) is 0 Å². The molecule has 0 aromatic heterocycles. The number of piperidine rings is 1. The Bertz CT molecular complexity index is 654. The zero-order valence-corrected chi connectivity index (χ0v) is 14.0. The van der Waals surface area contributed by atoms with E-state index in [4.69, 9.17) is 17.3 Å². The highest BCUT2D eigenvalue weighted by molar-refractivity contribution is 6.30. The molecule has 1 aromatic rings. The van der Waals surface area contributed by atoms with Gasteiger partial charge in [0.05, 0.1) is 0 Å². The summed E-state index contributed by atoms with van der Waals surface area (Å²) in [5, 5.41) is 0.607. The topological polar surface area (TPSA) is 83.7 Å². The molecular weight excluding hydrogens is 330 g/mol. The van der Waals surface area contributed by atoms with Gasteiger partial charge in [0.1, 0.15) is 5.92 Å². The van der Waals surface area contributed by atoms with E-state index >= 15 is 0 Å². The number of benzene rings is 1. The predicted molar refractivity (Wildman–Crippen MR) is 90.4 cm³/mol. The molecule has 0 spiro atoms. The number of primary amides is 1. The average molecular weight is 350 g/mol. The number of amides is 3. The first-order valence-electron chi connectivity index (χ1n) is 8.12. The Morgan fingerprint density at radius 3 is 2.25 bits per heavy atom. The molecule has 2 N–H and O–H groups in total. The van der Waals surface area contributed by atoms with Crippen molar-refractivity contribution < 1.29 is 14.4 Å². The maximum Gasteiger partial charge on any atom is 0.239 e. The molecule has 2 heterocycles. The predicted octanol–water partition coefficient (Wildman–Crippen LogP) is 1.42. The molecule has 6 nitrogen and oxygen atoms in total. The second kappa shape index (κ2) is 6.81. The van der Waals surface area contributed by atoms with Crippen LogP contribution in [0.2, 0.25) is 5.02 Å². The number of rotatable bonds is 3. The Labute approximate surface area is 145 Å². The molecule has 2 saturated heterocycles. The quantitative estimate of drug-likeness (QED) is 0.837. The Kier molecular flexibility index (Phi) is 4.76. The van der Waals surface area contributed by atoms with E-state index in [0.717, 1.165) is 5.69 Å². The van der Waals surface area contributed by atoms with Crippen molar-refractivity contribution in [2.75, 3.05) is 24.5 Å². The molecule has 128 valence electrons. The molecule has 7 heteroatoms. The number of hydrogen-bond acceptors (Lipinski definition) is 3. The van der Waals surface area contributed by atoms with Gasteiger partial charge in [-0.05, 0) is 43.5 Å². The molecular formula is C17H20ClN3O3. The molecule has 2 aliphatic rings. The van der Waals surface area contributed by atoms with E-state index in [0.29, 0.717) is 43.9 Å². The van der Waals surface area contributed by atoms with Gasteiger partial charge in [-0.2, -0.15) is 0 Å². The largest absolute Gasteiger partial charge is 0.369 e. The fourth-order valence-electron chi connectivity index (χ4n) is 3.39. The van der Waals surface area contributed by atoms with Gasteiger partial charge in [0, 0.05) is 36.3 Å². The second-order valence-electron chi connectivity index (χ2n) is 6.31. The summed E-state index contributed by atoms with van der Waals surface area (Å²) in [5.41, 5.74) is 6.07. The van der Waals surface area contributed by atoms with E-state index in [1.54, 1.807) is 34.1 Å². The Morgan fingerprint density at radius 1 is 1.04 bits per heavy atom. The van der Waals surface area contributed by atoms with Crippen molar-refractivity contribution in [2.45, 2.75) is 19.3 Å². The lowest BCUT2D eigenvalue weighted by Crippen LogP contribution is -2.45. The number of nitrogens with two attached hydrogens (primary N) is 1. The lowest BCUT2D eigenvalue weighted by molar-refractivity contribution is -0.142. The number of likely N-dealkylation sites (tertiary alicyclic amines) is 1. The van der Waals surface area contributed by atoms with Gasteiger partial charge in [-0.1, -0.05) is 11.6 Å². The SMILES string of the molecule is NC(=O)C1CCN(C(=O)C2CCN(c3ccc(Cl)cc3)C2=O)CC1. The van der Waals surface area contributed by atoms with Gasteiger partial charge in [0.15, 0.2) is 0 Å². The highest BCUT2D eigenvalue weighted by Crippen LogP contribution is 2.28. The lowest BCUT2D eigenvalue weighted by Gasteiger charge is -2.32. The molecule has 24 heavy (non-hydrogen) atoms. The summed E-state index contributed by atoms with van der Waals surface area (Å²) < 4.78 is 0. The van der Waals surface area contributed by atoms with Crippen LogP contribution in [0.5, 0.6) is 0 Å². The van der Waals surface area contributed by atoms with Crippen LogP contribution in [0, 0.1) is 11.8 Å². The van der Waals surface area contributed by atoms with E-state index in [9.17, 15) is 14.4 Å². The molecule has 0 bridgehead atoms. The molecule has 1 aromatic carbocycles. The van der Waals surface area contributed by atoms with Gasteiger partial charge in [-0.3, -0.25) is 14.4 Å². The fourth-order valence-corrected chi connectivity index (χ4v) is 3.52. The standard InChI is InChI=1S/C17H20ClN3O3/c18-12-1-3-13(4-2-12)21-10-7-14(17(21)24)16(23)20-8-5-11(6-9-20)15(19)22/h1-4,11,14H,5-10H2,(H2,19,22). The number of carbonyl (C=O) groups is 3. The van der Waals surface area contributed by atoms with Crippen LogP contribution in [0.1, 0.15) is 19.3 Å². The molecule has 1 unspecified atom stereocenters. The first-order chi connectivity index (χ1) is 11.5. The second-order valence-corrected chi connectivity index (χ2v) is 6.75. The third-order valence-corrected chi connectivity index (χ3v) is 5.10. The van der Waals surface area contributed by atoms with Crippen LogP contribution in [-0.2, 0) is 14.4 Å². The molecule has 0 aliphatic carbocycles. The van der Waals surface area contributed by atoms with E-state index in [-0.39, 0.29) is 23.6 Å². The van der Waals surface area contributed by atoms with Gasteiger partial charge in [0.2, 0.25) is 17.7 Å². The summed E-state index contributed by atoms with van der Waals surface area (Å²) in [6.07, 6.45) is 1.65. The van der Waals surface area contributed by atoms with E-state index < -0.39 is 5.92 Å². The molecule has 1 atom stereocenters. The summed E-state index contributed by atoms with van der Waals surface area (Å²) in [5.74, 6) is -1.42. The van der Waals surface area contributed by atoms with Crippen molar-refractivity contribution in [2.24, 2.45) is 17.6 Å². The Morgan fingerprint density at radius 2 is 1.67 bits per heavy atom. The lowest BCUT2D eigenvalue weighted by atomic mass is 9.95. The van der Waals surface area contributed by atoms with Crippen molar-refractivity contribution in [3.63, 3.8) is 0 Å². The number of nitrogens with zero attached hydrogens (tertiary/aromatic N) is 2. The minimum atomic E-state index is -0.634. The van der Waals surface area contributed by atoms with Crippen LogP contribution in [-0.4, -0.2) is 42.3 Å². The highest BCUT2D eigenvalue weighted by atomic mass is 35.5. The van der Waals surface area contributed by atoms with Gasteiger partial charge < -0.3 is 15.5 Å². The van der Waals surface area contributed by atoms with Crippen molar-refractivity contribution in [1.82, 2.24) is 4.90 Å². The van der Waals surface area contributed by atoms with Crippen molar-refractivity contribution in [3.05, 3.63) is 29.3 Å². The van der Waals surface area contributed by atoms with Crippen LogP contribution in [0.3, 0.4) is 0 Å². The molecule has 0 radical (unpaired) electrons. The zero-order chi connectivity index (χ0) is 17.3. The Balaban J connectivity index is 1.64. The highest BCUT2D eigenvalue weighted by Gasteiger charge is 2.40. The van der Waals surface area contributed by atoms with E-state index in [1.165, 1.54) is 0 Å². The summed E-state index contributed by atoms with van der Waals surface area (Å²) in [4.78, 5) is 39.8. The monoisotopic (exact) mass is 349 g/mol. The number of halogens is 1. The number of hydrogen-bond donors (Lipinski definition) is 1. The maximum absolute atomic E-state index is 12.7. The molecule has 0 saturated carbocycles. The van der Waals surface area contributed by atoms with Crippen molar-refractivity contribution in [1.29, 1.82) is 0 Å². The summed E-state index contributed by atoms with van der Waals surface area (Å²) >= 11 is 5.87. The first kappa shape index (κ1) is 16.8. The van der Waals surface area contributed by atoms with E-state index in [1.807, 2.05) is 0 Å². The molecule has 3 rings (SSSR count). The average Bonchev–Trinajstić information content (AvgIpc) is 2.96. The van der Waals surface area contributed by atoms with Crippen LogP contribution in [0.4, 0.5) is 5.69 Å². The minimum absolute atomic E-state index is 0.139. The minimum Gasteiger partial charge on any atom is -0.369 e. The smallest absolute Gasteiger partial charge is 0.239 e. The first-order valence-corrected chi connectivity index (χ1v) is 8.50. The van der Waals surface area contributed by atoms with Crippen molar-refractivity contribution >= 4 is 35.0 Å². The van der Waals surface area contributed by atoms with Gasteiger partial charge in [-0.15, -0.1) is 0 Å². The third kappa shape index (κ3) is 3.24. The molecule has 2 fully saturated rings. The number of anilines is 1. The van der Waals surface area contributed by atoms with Crippen LogP contribution in [0.25, 0.3) is 0 Å². The third-order valence-electron chi connectivity index (χ3n) is 4.85. The Hall–Kier alpha value is -2.08. The van der Waals surface area contributed by atoms with Crippen LogP contribution in [0.15, 0.2) is 24.3 Å². The molecule has 3 amide bonds. The number of carbonyl (C=O) groups excluding carboxylic acids is 3. The van der Waals surface area contributed by atoms with Crippen LogP contribution >= 0.6 is 11.6 Å². The summed E-state index contributed by atoms with van der Waals surface area (Å²) in [6.45, 7) is 1.49.